The van der Waals surface area contributed by atoms with Crippen LogP contribution in [0.4, 0.5) is 0 Å². The van der Waals surface area contributed by atoms with Gasteiger partial charge in [-0.3, -0.25) is 0 Å². The highest BCUT2D eigenvalue weighted by atomic mass is 14.3. The Morgan fingerprint density at radius 3 is 0.889 bits per heavy atom. The lowest BCUT2D eigenvalue weighted by Gasteiger charge is -2.22. The molecule has 1 aliphatic rings. The minimum atomic E-state index is 1.06. The van der Waals surface area contributed by atoms with Gasteiger partial charge in [0, 0.05) is 0 Å². The number of hydrogen-bond acceptors (Lipinski definition) is 0. The molecule has 0 fully saturated rings. The third-order valence-corrected chi connectivity index (χ3v) is 29.2. The van der Waals surface area contributed by atoms with Crippen LogP contribution in [0.5, 0.6) is 0 Å². The lowest BCUT2D eigenvalue weighted by molar-refractivity contribution is 1.08. The van der Waals surface area contributed by atoms with Crippen molar-refractivity contribution in [3.05, 3.63) is 568 Å². The quantitative estimate of drug-likeness (QED) is 0.0797. The molecule has 0 radical (unpaired) electrons. The van der Waals surface area contributed by atoms with Crippen molar-refractivity contribution in [2.24, 2.45) is 0 Å². The first-order valence-electron chi connectivity index (χ1n) is 49.7. The lowest BCUT2D eigenvalue weighted by Crippen LogP contribution is -2.29. The van der Waals surface area contributed by atoms with Crippen LogP contribution in [-0.4, -0.2) is 0 Å². The third-order valence-electron chi connectivity index (χ3n) is 29.2. The molecule has 0 bridgehead atoms. The van der Waals surface area contributed by atoms with Gasteiger partial charge in [-0.2, -0.15) is 0 Å². The molecule has 0 nitrogen and oxygen atoms in total. The molecule has 0 atom stereocenters. The van der Waals surface area contributed by atoms with Crippen molar-refractivity contribution in [1.82, 2.24) is 0 Å². The summed E-state index contributed by atoms with van der Waals surface area (Å²) in [5.74, 6) is 0. The molecule has 0 saturated heterocycles. The molecule has 0 aromatic heterocycles. The first kappa shape index (κ1) is 89.4. The lowest BCUT2D eigenvalue weighted by atomic mass is 9.81. The van der Waals surface area contributed by atoms with Crippen molar-refractivity contribution in [2.75, 3.05) is 0 Å². The van der Waals surface area contributed by atoms with Crippen LogP contribution >= 0.6 is 0 Å². The molecular formula is C144H102. The molecule has 0 heterocycles. The topological polar surface area (TPSA) is 0 Å². The Morgan fingerprint density at radius 1 is 0.160 bits per heavy atom. The molecule has 0 unspecified atom stereocenters. The van der Waals surface area contributed by atoms with Gasteiger partial charge in [-0.1, -0.05) is 531 Å². The summed E-state index contributed by atoms with van der Waals surface area (Å²) in [5, 5.41) is 38.3. The normalized spacial score (nSPS) is 11.6. The second-order valence-corrected chi connectivity index (χ2v) is 37.0. The van der Waals surface area contributed by atoms with Gasteiger partial charge in [0.2, 0.25) is 0 Å². The Labute approximate surface area is 840 Å². The van der Waals surface area contributed by atoms with E-state index in [0.29, 0.717) is 0 Å². The molecule has 26 aromatic carbocycles. The van der Waals surface area contributed by atoms with Gasteiger partial charge in [-0.05, 0) is 316 Å². The Kier molecular flexibility index (Phi) is 24.5. The monoisotopic (exact) mass is 1830 g/mol. The van der Waals surface area contributed by atoms with Gasteiger partial charge in [0.05, 0.1) is 0 Å². The summed E-state index contributed by atoms with van der Waals surface area (Å²) in [5.41, 5.74) is 24.7. The van der Waals surface area contributed by atoms with E-state index in [-0.39, 0.29) is 0 Å². The van der Waals surface area contributed by atoms with Crippen LogP contribution in [0.15, 0.2) is 519 Å². The maximum Gasteiger partial charge on any atom is -0.00199 e. The highest BCUT2D eigenvalue weighted by Gasteiger charge is 2.26. The van der Waals surface area contributed by atoms with Crippen LogP contribution in [-0.2, 0) is 0 Å². The Morgan fingerprint density at radius 2 is 0.458 bits per heavy atom. The van der Waals surface area contributed by atoms with Gasteiger partial charge in [0.25, 0.3) is 0 Å². The molecular weight excluding hydrogens is 1730 g/mol. The highest BCUT2D eigenvalue weighted by Crippen LogP contribution is 2.52. The van der Waals surface area contributed by atoms with Crippen LogP contribution in [0.2, 0.25) is 0 Å². The summed E-state index contributed by atoms with van der Waals surface area (Å²) in [6.45, 7) is 24.1. The standard InChI is InChI=1S/C38H24.C38H26.C34H22.C24H20.C10H10/c1-3-15-27-25(12-1)14-11-23-31(27)37-32-19-7-9-21-34(32)38(35-22-10-8-20-33(35)37)36-24-26-13-2-4-16-28(26)29-17-5-6-18-30(29)36;1-3-29-30(4-2)38(36-24-27-15-7-8-16-31(27)32-17-9-10-18-33(32)36)35-20-12-11-19-34(35)37(29)28-22-21-25-13-5-6-14-26(25)23-28;1-2-12-25-22-26(21-20-23(25)10-1)33-29-15-5-7-17-31(29)34(32-18-8-6-16-30(32)33)28-19-9-13-24-11-3-4-14-27(24)28;1-3-17-16-19-11-6-8-14-22(19)24(20(17)4-2)23-15-9-12-18-10-5-7-13-21(18)23;1-3-9-7-5-6-8-10(9)4-2/h1-24H;3-24H,1-2H2;1-22H;3-8,10-14,16H,1-2,9,15H2;3-8H,1-2H2. The van der Waals surface area contributed by atoms with Crippen LogP contribution in [0.25, 0.3) is 266 Å². The molecule has 678 valence electrons. The van der Waals surface area contributed by atoms with Crippen LogP contribution in [0.1, 0.15) is 51.8 Å². The fourth-order valence-corrected chi connectivity index (χ4v) is 22.7. The van der Waals surface area contributed by atoms with E-state index in [0.717, 1.165) is 40.7 Å². The van der Waals surface area contributed by atoms with Gasteiger partial charge in [-0.25, -0.2) is 0 Å². The molecule has 26 aromatic rings. The first-order valence-corrected chi connectivity index (χ1v) is 49.7. The van der Waals surface area contributed by atoms with Crippen molar-refractivity contribution in [3.63, 3.8) is 0 Å². The second-order valence-electron chi connectivity index (χ2n) is 37.0. The molecule has 0 saturated carbocycles. The van der Waals surface area contributed by atoms with E-state index in [9.17, 15) is 0 Å². The average molecular weight is 1830 g/mol. The summed E-state index contributed by atoms with van der Waals surface area (Å²) in [6.07, 6.45) is 16.1. The molecule has 27 rings (SSSR count). The molecule has 0 amide bonds. The Balaban J connectivity index is 0.000000104. The average Bonchev–Trinajstić information content (AvgIpc) is 1.08. The summed E-state index contributed by atoms with van der Waals surface area (Å²) >= 11 is 0. The summed E-state index contributed by atoms with van der Waals surface area (Å²) in [4.78, 5) is 0. The van der Waals surface area contributed by atoms with Gasteiger partial charge in [-0.15, -0.1) is 0 Å². The van der Waals surface area contributed by atoms with E-state index >= 15 is 0 Å². The van der Waals surface area contributed by atoms with Crippen molar-refractivity contribution in [1.29, 1.82) is 0 Å². The number of hydrogen-bond donors (Lipinski definition) is 0. The molecule has 0 spiro atoms. The largest absolute Gasteiger partial charge is 0.0984 e. The van der Waals surface area contributed by atoms with Crippen molar-refractivity contribution >= 4 is 199 Å². The Hall–Kier alpha value is -18.5. The van der Waals surface area contributed by atoms with Crippen molar-refractivity contribution in [3.8, 4) is 66.8 Å². The molecule has 0 heteroatoms. The number of rotatable bonds is 13. The zero-order valence-corrected chi connectivity index (χ0v) is 80.3. The van der Waals surface area contributed by atoms with Gasteiger partial charge < -0.3 is 0 Å². The van der Waals surface area contributed by atoms with E-state index in [1.807, 2.05) is 60.7 Å². The van der Waals surface area contributed by atoms with E-state index in [2.05, 4.69) is 501 Å². The summed E-state index contributed by atoms with van der Waals surface area (Å²) in [6, 6.07) is 173. The van der Waals surface area contributed by atoms with E-state index in [4.69, 9.17) is 0 Å². The number of fused-ring (bicyclic) bond motifs is 17. The molecule has 0 aliphatic heterocycles. The summed E-state index contributed by atoms with van der Waals surface area (Å²) in [7, 11) is 0. The Bertz CT molecular complexity index is 9710. The fourth-order valence-electron chi connectivity index (χ4n) is 22.7. The maximum absolute atomic E-state index is 4.31. The van der Waals surface area contributed by atoms with Gasteiger partial charge in [0.15, 0.2) is 0 Å². The van der Waals surface area contributed by atoms with E-state index in [1.54, 1.807) is 0 Å². The SMILES string of the molecule is C=Cc1c(C=C)c(-c2cc3ccccc3c3ccccc23)c2ccccc2c1-c1ccc2ccccc2c1.C=Cc1cc2ccccc2c(C2=c3ccccc3=CCC2)c1C=C.C=Cc1ccccc1C=C.c1ccc2c(-c3c4ccccc4c(-c4cc5ccccc5c5ccccc45)c4ccccc34)cccc2c1.c1ccc2cc(-c3c4ccccc4c(-c4cccc5ccccc45)c4ccccc34)ccc2c1. The van der Waals surface area contributed by atoms with Crippen LogP contribution in [0, 0.1) is 0 Å². The molecule has 1 aliphatic carbocycles. The predicted molar refractivity (Wildman–Crippen MR) is 632 cm³/mol. The second kappa shape index (κ2) is 39.4. The minimum absolute atomic E-state index is 1.06. The third kappa shape index (κ3) is 16.3. The van der Waals surface area contributed by atoms with Crippen molar-refractivity contribution < 1.29 is 0 Å². The zero-order valence-electron chi connectivity index (χ0n) is 80.3. The van der Waals surface area contributed by atoms with Crippen LogP contribution < -0.4 is 10.4 Å². The van der Waals surface area contributed by atoms with Crippen molar-refractivity contribution in [2.45, 2.75) is 12.8 Å². The minimum Gasteiger partial charge on any atom is -0.0984 e. The fraction of sp³-hybridized carbons (Fsp3) is 0.0139. The van der Waals surface area contributed by atoms with Gasteiger partial charge in [0.1, 0.15) is 0 Å². The van der Waals surface area contributed by atoms with E-state index in [1.165, 1.54) is 245 Å². The van der Waals surface area contributed by atoms with E-state index < -0.39 is 0 Å². The summed E-state index contributed by atoms with van der Waals surface area (Å²) < 4.78 is 0. The smallest absolute Gasteiger partial charge is 0.00199 e. The van der Waals surface area contributed by atoms with Gasteiger partial charge >= 0.3 is 0 Å². The molecule has 0 N–H and O–H groups in total. The zero-order chi connectivity index (χ0) is 97.1. The molecule has 144 heavy (non-hydrogen) atoms. The van der Waals surface area contributed by atoms with Crippen LogP contribution in [0.3, 0.4) is 0 Å². The highest BCUT2D eigenvalue weighted by molar-refractivity contribution is 6.29. The maximum atomic E-state index is 4.31. The number of benzene rings is 26. The predicted octanol–water partition coefficient (Wildman–Crippen LogP) is 39.2. The first-order chi connectivity index (χ1) is 71.3.